The Morgan fingerprint density at radius 3 is 2.35 bits per heavy atom. The van der Waals surface area contributed by atoms with Crippen LogP contribution in [0.5, 0.6) is 0 Å². The summed E-state index contributed by atoms with van der Waals surface area (Å²) in [5.41, 5.74) is 5.21. The van der Waals surface area contributed by atoms with E-state index in [2.05, 4.69) is 37.3 Å². The molecule has 2 atom stereocenters. The highest BCUT2D eigenvalue weighted by atomic mass is 32.2. The highest BCUT2D eigenvalue weighted by molar-refractivity contribution is 7.93. The quantitative estimate of drug-likeness (QED) is 0.152. The third kappa shape index (κ3) is 6.34. The Kier molecular flexibility index (Phi) is 9.28. The number of rotatable bonds is 8. The fraction of sp³-hybridized carbons (Fsp3) is 0.383. The molecule has 7 heterocycles. The van der Waals surface area contributed by atoms with E-state index in [0.29, 0.717) is 81.9 Å². The Labute approximate surface area is 363 Å². The van der Waals surface area contributed by atoms with Gasteiger partial charge in [0.2, 0.25) is 11.8 Å². The van der Waals surface area contributed by atoms with Crippen molar-refractivity contribution in [1.82, 2.24) is 38.6 Å². The topological polar surface area (TPSA) is 148 Å². The lowest BCUT2D eigenvalue weighted by atomic mass is 9.91. The van der Waals surface area contributed by atoms with Gasteiger partial charge in [-0.25, -0.2) is 22.4 Å². The van der Waals surface area contributed by atoms with Crippen LogP contribution in [0.15, 0.2) is 91.5 Å². The van der Waals surface area contributed by atoms with Gasteiger partial charge in [-0.2, -0.15) is 5.10 Å². The van der Waals surface area contributed by atoms with Crippen LogP contribution in [0.25, 0.3) is 28.1 Å². The monoisotopic (exact) mass is 869 g/mol. The molecule has 16 heteroatoms. The summed E-state index contributed by atoms with van der Waals surface area (Å²) < 4.78 is 51.5. The van der Waals surface area contributed by atoms with Gasteiger partial charge in [0.25, 0.3) is 5.91 Å². The van der Waals surface area contributed by atoms with Crippen LogP contribution in [0.4, 0.5) is 4.39 Å². The molecule has 63 heavy (non-hydrogen) atoms. The number of nitrogens with zero attached hydrogens (tertiary/aromatic N) is 9. The van der Waals surface area contributed by atoms with Gasteiger partial charge >= 0.3 is 5.69 Å². The van der Waals surface area contributed by atoms with Gasteiger partial charge in [-0.05, 0) is 130 Å². The fourth-order valence-corrected chi connectivity index (χ4v) is 12.1. The minimum Gasteiger partial charge on any atom is -0.423 e. The normalized spacial score (nSPS) is 20.9. The first-order valence-electron chi connectivity index (χ1n) is 21.8. The summed E-state index contributed by atoms with van der Waals surface area (Å²) in [4.78, 5) is 32.6. The minimum atomic E-state index is -2.46. The molecule has 14 nitrogen and oxygen atoms in total. The molecule has 1 unspecified atom stereocenters. The molecule has 1 aliphatic carbocycles. The number of benzene rings is 3. The molecule has 11 rings (SSSR count). The molecular formula is C47H48FN9O5S. The second kappa shape index (κ2) is 14.7. The lowest BCUT2D eigenvalue weighted by Crippen LogP contribution is -2.41. The van der Waals surface area contributed by atoms with Gasteiger partial charge in [0.15, 0.2) is 0 Å². The summed E-state index contributed by atoms with van der Waals surface area (Å²) in [6.07, 6.45) is 7.98. The van der Waals surface area contributed by atoms with Crippen molar-refractivity contribution in [3.05, 3.63) is 135 Å². The number of aromatic nitrogens is 7. The van der Waals surface area contributed by atoms with Crippen LogP contribution in [0.3, 0.4) is 0 Å². The number of hydrogen-bond donors (Lipinski definition) is 0. The summed E-state index contributed by atoms with van der Waals surface area (Å²) in [7, 11) is -2.46. The summed E-state index contributed by atoms with van der Waals surface area (Å²) in [6, 6.07) is 18.6. The van der Waals surface area contributed by atoms with Crippen LogP contribution in [0.2, 0.25) is 0 Å². The number of carbonyl (C=O) groups excluding carboxylic acids is 1. The number of halogens is 1. The van der Waals surface area contributed by atoms with E-state index in [9.17, 15) is 9.00 Å². The third-order valence-electron chi connectivity index (χ3n) is 13.6. The zero-order valence-corrected chi connectivity index (χ0v) is 36.5. The van der Waals surface area contributed by atoms with E-state index in [1.54, 1.807) is 78.8 Å². The van der Waals surface area contributed by atoms with Gasteiger partial charge in [-0.1, -0.05) is 6.07 Å². The van der Waals surface area contributed by atoms with Crippen LogP contribution in [-0.2, 0) is 26.4 Å². The Morgan fingerprint density at radius 2 is 1.67 bits per heavy atom. The van der Waals surface area contributed by atoms with E-state index in [4.69, 9.17) is 14.3 Å². The first kappa shape index (κ1) is 39.7. The van der Waals surface area contributed by atoms with Crippen molar-refractivity contribution in [2.24, 2.45) is 4.36 Å². The fourth-order valence-electron chi connectivity index (χ4n) is 10.1. The van der Waals surface area contributed by atoms with Gasteiger partial charge < -0.3 is 18.6 Å². The summed E-state index contributed by atoms with van der Waals surface area (Å²) >= 11 is 0. The van der Waals surface area contributed by atoms with E-state index in [0.717, 1.165) is 67.5 Å². The van der Waals surface area contributed by atoms with Crippen molar-refractivity contribution in [1.29, 1.82) is 0 Å². The number of carbonyl (C=O) groups is 1. The first-order valence-corrected chi connectivity index (χ1v) is 23.5. The maximum absolute atomic E-state index is 15.4. The van der Waals surface area contributed by atoms with Crippen LogP contribution in [-0.4, -0.2) is 80.8 Å². The highest BCUT2D eigenvalue weighted by Crippen LogP contribution is 2.52. The molecule has 4 aromatic heterocycles. The molecule has 0 N–H and O–H groups in total. The molecule has 4 aliphatic rings. The van der Waals surface area contributed by atoms with E-state index in [1.165, 1.54) is 10.1 Å². The molecule has 0 radical (unpaired) electrons. The van der Waals surface area contributed by atoms with Crippen molar-refractivity contribution in [2.75, 3.05) is 32.1 Å². The maximum Gasteiger partial charge on any atom is 0.338 e. The Hall–Kier alpha value is -6.13. The highest BCUT2D eigenvalue weighted by Gasteiger charge is 2.53. The zero-order valence-electron chi connectivity index (χ0n) is 35.7. The van der Waals surface area contributed by atoms with E-state index in [-0.39, 0.29) is 17.4 Å². The molecule has 1 amide bonds. The molecule has 0 spiro atoms. The standard InChI is InChI=1S/C47H48FN9O5S/c1-28-24-36(25-29(2)42(28)48)57-43(55-20-19-54(46(55)59)35-7-9-37(10-8-35)63(60)23-5-17-49-63)41-30(3)53(18-12-38(41)52-57)44(58)40-27-34-26-33(32-13-21-61-22-14-32)6-11-39(34)56(40)47(15-16-47)45-51-50-31(4)62-45/h6-11,19-20,24-27,30,32H,5,12-18,21-23H2,1-4H3/t30-,63?/m0/s1. The Bertz CT molecular complexity index is 3150. The third-order valence-corrected chi connectivity index (χ3v) is 16.0. The van der Waals surface area contributed by atoms with Crippen molar-refractivity contribution >= 4 is 26.5 Å². The van der Waals surface area contributed by atoms with Crippen LogP contribution >= 0.6 is 0 Å². The number of ether oxygens (including phenoxy) is 1. The molecule has 0 bridgehead atoms. The average molecular weight is 870 g/mol. The van der Waals surface area contributed by atoms with Crippen LogP contribution in [0.1, 0.15) is 101 Å². The van der Waals surface area contributed by atoms with Crippen LogP contribution in [0, 0.1) is 26.6 Å². The Balaban J connectivity index is 1.03. The predicted molar refractivity (Wildman–Crippen MR) is 234 cm³/mol. The Morgan fingerprint density at radius 1 is 0.921 bits per heavy atom. The minimum absolute atomic E-state index is 0.163. The molecule has 3 aromatic carbocycles. The lowest BCUT2D eigenvalue weighted by molar-refractivity contribution is 0.0663. The van der Waals surface area contributed by atoms with Crippen molar-refractivity contribution in [3.8, 4) is 17.2 Å². The van der Waals surface area contributed by atoms with Gasteiger partial charge in [0, 0.05) is 79.2 Å². The van der Waals surface area contributed by atoms with E-state index >= 15 is 9.18 Å². The largest absolute Gasteiger partial charge is 0.423 e. The van der Waals surface area contributed by atoms with Crippen LogP contribution < -0.4 is 5.69 Å². The molecule has 1 saturated heterocycles. The van der Waals surface area contributed by atoms with Gasteiger partial charge in [-0.3, -0.25) is 13.9 Å². The van der Waals surface area contributed by atoms with Crippen molar-refractivity contribution < 1.29 is 22.5 Å². The maximum atomic E-state index is 15.4. The molecule has 3 aliphatic heterocycles. The summed E-state index contributed by atoms with van der Waals surface area (Å²) in [6.45, 7) is 9.60. The number of amides is 1. The first-order chi connectivity index (χ1) is 30.4. The number of aryl methyl sites for hydroxylation is 3. The molecule has 7 aromatic rings. The van der Waals surface area contributed by atoms with Crippen molar-refractivity contribution in [2.45, 2.75) is 88.6 Å². The average Bonchev–Trinajstić information content (AvgIpc) is 3.80. The number of imidazole rings is 1. The molecule has 324 valence electrons. The number of hydrogen-bond acceptors (Lipinski definition) is 9. The van der Waals surface area contributed by atoms with Gasteiger partial charge in [0.1, 0.15) is 22.9 Å². The van der Waals surface area contributed by atoms with Gasteiger partial charge in [-0.15, -0.1) is 10.2 Å². The summed E-state index contributed by atoms with van der Waals surface area (Å²) in [5.74, 6) is 1.85. The van der Waals surface area contributed by atoms with Crippen molar-refractivity contribution in [3.63, 3.8) is 0 Å². The molecule has 1 saturated carbocycles. The van der Waals surface area contributed by atoms with Gasteiger partial charge in [0.05, 0.1) is 32.8 Å². The second-order valence-corrected chi connectivity index (χ2v) is 19.9. The lowest BCUT2D eigenvalue weighted by Gasteiger charge is -2.34. The summed E-state index contributed by atoms with van der Waals surface area (Å²) in [5, 5.41) is 14.7. The molecule has 2 fully saturated rings. The smallest absolute Gasteiger partial charge is 0.338 e. The van der Waals surface area contributed by atoms with E-state index in [1.807, 2.05) is 17.9 Å². The second-order valence-electron chi connectivity index (χ2n) is 17.5. The molecular weight excluding hydrogens is 822 g/mol. The number of fused-ring (bicyclic) bond motifs is 2. The SMILES string of the molecule is Cc1nnc(C2(n3c(C(=O)N4CCc5nn(-c6cc(C)c(F)c(C)c6)c(-n6ccn(-c7ccc(S8(=O)=NCCC8)cc7)c6=O)c5[C@@H]4C)cc4cc(C5CCOCC5)ccc43)CC2)o1. The zero-order chi connectivity index (χ0) is 43.4. The predicted octanol–water partition coefficient (Wildman–Crippen LogP) is 7.64. The van der Waals surface area contributed by atoms with E-state index < -0.39 is 21.3 Å².